The van der Waals surface area contributed by atoms with Crippen LogP contribution in [0, 0.1) is 5.92 Å². The Bertz CT molecular complexity index is 421. The summed E-state index contributed by atoms with van der Waals surface area (Å²) >= 11 is 0. The van der Waals surface area contributed by atoms with Crippen LogP contribution in [0.2, 0.25) is 0 Å². The third kappa shape index (κ3) is 4.19. The molecular formula is C17H29N3O. The molecule has 0 saturated carbocycles. The van der Waals surface area contributed by atoms with Gasteiger partial charge in [0.05, 0.1) is 12.1 Å². The molecular weight excluding hydrogens is 262 g/mol. The summed E-state index contributed by atoms with van der Waals surface area (Å²) in [6, 6.07) is 9.32. The monoisotopic (exact) mass is 291 g/mol. The van der Waals surface area contributed by atoms with Crippen LogP contribution in [0.15, 0.2) is 24.3 Å². The van der Waals surface area contributed by atoms with E-state index in [1.54, 1.807) is 0 Å². The van der Waals surface area contributed by atoms with Gasteiger partial charge in [0.25, 0.3) is 0 Å². The lowest BCUT2D eigenvalue weighted by Crippen LogP contribution is -2.32. The highest BCUT2D eigenvalue weighted by Crippen LogP contribution is 2.29. The lowest BCUT2D eigenvalue weighted by Gasteiger charge is -2.22. The van der Waals surface area contributed by atoms with E-state index >= 15 is 0 Å². The molecule has 4 heteroatoms. The number of ether oxygens (including phenoxy) is 1. The smallest absolute Gasteiger partial charge is 0.119 e. The van der Waals surface area contributed by atoms with Crippen LogP contribution in [0.25, 0.3) is 0 Å². The van der Waals surface area contributed by atoms with E-state index in [-0.39, 0.29) is 6.10 Å². The summed E-state index contributed by atoms with van der Waals surface area (Å²) < 4.78 is 5.85. The van der Waals surface area contributed by atoms with Crippen molar-refractivity contribution < 1.29 is 4.74 Å². The van der Waals surface area contributed by atoms with E-state index < -0.39 is 0 Å². The largest absolute Gasteiger partial charge is 0.491 e. The molecule has 4 nitrogen and oxygen atoms in total. The minimum Gasteiger partial charge on any atom is -0.491 e. The van der Waals surface area contributed by atoms with Crippen LogP contribution in [0.4, 0.5) is 0 Å². The Labute approximate surface area is 128 Å². The Morgan fingerprint density at radius 1 is 1.19 bits per heavy atom. The van der Waals surface area contributed by atoms with Gasteiger partial charge in [-0.1, -0.05) is 26.0 Å². The van der Waals surface area contributed by atoms with E-state index in [9.17, 15) is 0 Å². The molecule has 0 radical (unpaired) electrons. The fourth-order valence-corrected chi connectivity index (χ4v) is 2.73. The highest BCUT2D eigenvalue weighted by molar-refractivity contribution is 5.30. The Morgan fingerprint density at radius 2 is 1.90 bits per heavy atom. The van der Waals surface area contributed by atoms with Crippen LogP contribution >= 0.6 is 0 Å². The summed E-state index contributed by atoms with van der Waals surface area (Å²) in [5, 5.41) is 3.46. The van der Waals surface area contributed by atoms with Gasteiger partial charge in [-0.25, -0.2) is 5.43 Å². The average molecular weight is 291 g/mol. The second kappa shape index (κ2) is 7.78. The van der Waals surface area contributed by atoms with Crippen molar-refractivity contribution in [1.82, 2.24) is 16.2 Å². The molecule has 1 heterocycles. The van der Waals surface area contributed by atoms with Crippen molar-refractivity contribution in [3.8, 4) is 5.75 Å². The second-order valence-electron chi connectivity index (χ2n) is 5.93. The van der Waals surface area contributed by atoms with Crippen molar-refractivity contribution in [1.29, 1.82) is 0 Å². The number of rotatable bonds is 7. The molecule has 0 aliphatic carbocycles. The summed E-state index contributed by atoms with van der Waals surface area (Å²) in [4.78, 5) is 0. The van der Waals surface area contributed by atoms with E-state index in [4.69, 9.17) is 4.74 Å². The Balaban J connectivity index is 2.03. The quantitative estimate of drug-likeness (QED) is 0.723. The normalized spacial score (nSPS) is 26.8. The fraction of sp³-hybridized carbons (Fsp3) is 0.647. The van der Waals surface area contributed by atoms with E-state index in [0.717, 1.165) is 25.3 Å². The molecule has 4 unspecified atom stereocenters. The van der Waals surface area contributed by atoms with Crippen molar-refractivity contribution in [3.63, 3.8) is 0 Å². The first-order chi connectivity index (χ1) is 10.2. The molecule has 0 bridgehead atoms. The molecule has 0 amide bonds. The van der Waals surface area contributed by atoms with Crippen molar-refractivity contribution in [2.75, 3.05) is 13.1 Å². The van der Waals surface area contributed by atoms with Crippen molar-refractivity contribution in [2.24, 2.45) is 5.92 Å². The molecule has 1 aliphatic rings. The zero-order valence-electron chi connectivity index (χ0n) is 13.6. The first-order valence-corrected chi connectivity index (χ1v) is 8.14. The molecule has 4 atom stereocenters. The number of nitrogens with one attached hydrogen (secondary N) is 3. The van der Waals surface area contributed by atoms with Crippen molar-refractivity contribution >= 4 is 0 Å². The van der Waals surface area contributed by atoms with Crippen LogP contribution < -0.4 is 20.9 Å². The molecule has 0 aromatic heterocycles. The SMILES string of the molecule is CCNCC1C(C)NNC1c1ccc(OC(C)CC)cc1. The maximum atomic E-state index is 5.85. The summed E-state index contributed by atoms with van der Waals surface area (Å²) in [5.41, 5.74) is 8.10. The summed E-state index contributed by atoms with van der Waals surface area (Å²) in [7, 11) is 0. The predicted molar refractivity (Wildman–Crippen MR) is 87.3 cm³/mol. The lowest BCUT2D eigenvalue weighted by molar-refractivity contribution is 0.217. The number of benzene rings is 1. The molecule has 1 aliphatic heterocycles. The Hall–Kier alpha value is -1.10. The molecule has 3 N–H and O–H groups in total. The third-order valence-electron chi connectivity index (χ3n) is 4.32. The predicted octanol–water partition coefficient (Wildman–Crippen LogP) is 2.63. The van der Waals surface area contributed by atoms with Gasteiger partial charge in [0.1, 0.15) is 5.75 Å². The van der Waals surface area contributed by atoms with Gasteiger partial charge in [-0.05, 0) is 44.5 Å². The zero-order valence-corrected chi connectivity index (χ0v) is 13.6. The molecule has 21 heavy (non-hydrogen) atoms. The van der Waals surface area contributed by atoms with Crippen LogP contribution in [0.5, 0.6) is 5.75 Å². The minimum atomic E-state index is 0.267. The van der Waals surface area contributed by atoms with E-state index in [1.165, 1.54) is 5.56 Å². The lowest BCUT2D eigenvalue weighted by atomic mass is 9.90. The number of hydrogen-bond acceptors (Lipinski definition) is 4. The molecule has 118 valence electrons. The minimum absolute atomic E-state index is 0.267. The fourth-order valence-electron chi connectivity index (χ4n) is 2.73. The number of hydrazine groups is 1. The van der Waals surface area contributed by atoms with E-state index in [0.29, 0.717) is 18.0 Å². The molecule has 1 aromatic rings. The van der Waals surface area contributed by atoms with Gasteiger partial charge in [0.15, 0.2) is 0 Å². The number of hydrogen-bond donors (Lipinski definition) is 3. The average Bonchev–Trinajstić information content (AvgIpc) is 2.86. The van der Waals surface area contributed by atoms with Crippen molar-refractivity contribution in [2.45, 2.75) is 52.3 Å². The van der Waals surface area contributed by atoms with Crippen LogP contribution in [0.1, 0.15) is 45.7 Å². The van der Waals surface area contributed by atoms with Gasteiger partial charge < -0.3 is 10.1 Å². The second-order valence-corrected chi connectivity index (χ2v) is 5.93. The molecule has 0 spiro atoms. The zero-order chi connectivity index (χ0) is 15.2. The summed E-state index contributed by atoms with van der Waals surface area (Å²) in [6.07, 6.45) is 1.29. The maximum Gasteiger partial charge on any atom is 0.119 e. The van der Waals surface area contributed by atoms with Gasteiger partial charge in [-0.2, -0.15) is 0 Å². The van der Waals surface area contributed by atoms with Gasteiger partial charge in [-0.15, -0.1) is 0 Å². The van der Waals surface area contributed by atoms with Crippen LogP contribution in [-0.4, -0.2) is 25.2 Å². The maximum absolute atomic E-state index is 5.85. The van der Waals surface area contributed by atoms with Crippen LogP contribution in [0.3, 0.4) is 0 Å². The standard InChI is InChI=1S/C17H29N3O/c1-5-12(3)21-15-9-7-14(8-10-15)17-16(11-18-6-2)13(4)19-20-17/h7-10,12-13,16-20H,5-6,11H2,1-4H3. The highest BCUT2D eigenvalue weighted by Gasteiger charge is 2.33. The van der Waals surface area contributed by atoms with Crippen molar-refractivity contribution in [3.05, 3.63) is 29.8 Å². The molecule has 1 fully saturated rings. The first-order valence-electron chi connectivity index (χ1n) is 8.14. The van der Waals surface area contributed by atoms with Gasteiger partial charge in [0.2, 0.25) is 0 Å². The van der Waals surface area contributed by atoms with E-state index in [2.05, 4.69) is 68.1 Å². The third-order valence-corrected chi connectivity index (χ3v) is 4.32. The first kappa shape index (κ1) is 16.3. The Kier molecular flexibility index (Phi) is 6.03. The molecule has 1 saturated heterocycles. The molecule has 2 rings (SSSR count). The van der Waals surface area contributed by atoms with Gasteiger partial charge in [0, 0.05) is 18.5 Å². The van der Waals surface area contributed by atoms with Gasteiger partial charge >= 0.3 is 0 Å². The topological polar surface area (TPSA) is 45.3 Å². The summed E-state index contributed by atoms with van der Waals surface area (Å²) in [5.74, 6) is 1.50. The van der Waals surface area contributed by atoms with Gasteiger partial charge in [-0.3, -0.25) is 5.43 Å². The Morgan fingerprint density at radius 3 is 2.52 bits per heavy atom. The van der Waals surface area contributed by atoms with Crippen LogP contribution in [-0.2, 0) is 0 Å². The highest BCUT2D eigenvalue weighted by atomic mass is 16.5. The van der Waals surface area contributed by atoms with E-state index in [1.807, 2.05) is 0 Å². The summed E-state index contributed by atoms with van der Waals surface area (Å²) in [6.45, 7) is 10.7. The molecule has 1 aromatic carbocycles.